The van der Waals surface area contributed by atoms with Crippen LogP contribution in [0.2, 0.25) is 0 Å². The maximum Gasteiger partial charge on any atom is 0.0985 e. The molecule has 1 aliphatic rings. The van der Waals surface area contributed by atoms with Crippen molar-refractivity contribution in [1.82, 2.24) is 0 Å². The molecule has 0 aromatic rings. The molecule has 1 nitrogen and oxygen atoms in total. The predicted octanol–water partition coefficient (Wildman–Crippen LogP) is 2.26. The van der Waals surface area contributed by atoms with Crippen LogP contribution in [0, 0.1) is 0 Å². The summed E-state index contributed by atoms with van der Waals surface area (Å²) in [4.78, 5) is 0. The molecular weight excluding hydrogens is 112 g/mol. The van der Waals surface area contributed by atoms with Crippen molar-refractivity contribution in [3.05, 3.63) is 23.5 Å². The van der Waals surface area contributed by atoms with Crippen LogP contribution < -0.4 is 0 Å². The summed E-state index contributed by atoms with van der Waals surface area (Å²) in [5, 5.41) is 0. The number of hydrogen-bond acceptors (Lipinski definition) is 1. The average molecular weight is 124 g/mol. The van der Waals surface area contributed by atoms with E-state index in [1.54, 1.807) is 7.11 Å². The second kappa shape index (κ2) is 2.72. The summed E-state index contributed by atoms with van der Waals surface area (Å²) in [5.74, 6) is 1.14. The molecule has 0 spiro atoms. The molecule has 0 radical (unpaired) electrons. The number of ether oxygens (including phenoxy) is 1. The molecular formula is C8H12O. The van der Waals surface area contributed by atoms with Crippen LogP contribution in [0.5, 0.6) is 0 Å². The Kier molecular flexibility index (Phi) is 1.93. The Balaban J connectivity index is 2.64. The van der Waals surface area contributed by atoms with E-state index in [9.17, 15) is 0 Å². The molecule has 1 aliphatic carbocycles. The minimum Gasteiger partial charge on any atom is -0.501 e. The molecule has 0 aromatic heterocycles. The molecule has 1 rings (SSSR count). The Hall–Kier alpha value is -0.720. The lowest BCUT2D eigenvalue weighted by Crippen LogP contribution is -1.93. The normalized spacial score (nSPS) is 18.4. The van der Waals surface area contributed by atoms with Crippen LogP contribution in [0.15, 0.2) is 23.5 Å². The third kappa shape index (κ3) is 1.35. The fraction of sp³-hybridized carbons (Fsp3) is 0.500. The molecule has 0 heterocycles. The van der Waals surface area contributed by atoms with Gasteiger partial charge in [-0.3, -0.25) is 0 Å². The molecule has 0 aliphatic heterocycles. The zero-order chi connectivity index (χ0) is 6.69. The Labute approximate surface area is 56.0 Å². The Morgan fingerprint density at radius 2 is 2.00 bits per heavy atom. The Morgan fingerprint density at radius 1 is 1.33 bits per heavy atom. The van der Waals surface area contributed by atoms with Gasteiger partial charge in [-0.2, -0.15) is 0 Å². The number of hydrogen-bond donors (Lipinski definition) is 0. The van der Waals surface area contributed by atoms with E-state index in [4.69, 9.17) is 4.74 Å². The van der Waals surface area contributed by atoms with Gasteiger partial charge in [0.15, 0.2) is 0 Å². The van der Waals surface area contributed by atoms with Gasteiger partial charge >= 0.3 is 0 Å². The van der Waals surface area contributed by atoms with E-state index in [1.807, 2.05) is 0 Å². The summed E-state index contributed by atoms with van der Waals surface area (Å²) in [6.45, 7) is 2.11. The van der Waals surface area contributed by atoms with Crippen molar-refractivity contribution < 1.29 is 4.74 Å². The molecule has 0 fully saturated rings. The van der Waals surface area contributed by atoms with Gasteiger partial charge in [0.25, 0.3) is 0 Å². The molecule has 0 bridgehead atoms. The molecule has 1 heteroatoms. The van der Waals surface area contributed by atoms with Gasteiger partial charge in [-0.25, -0.2) is 0 Å². The Morgan fingerprint density at radius 3 is 2.44 bits per heavy atom. The van der Waals surface area contributed by atoms with Crippen LogP contribution in [0.25, 0.3) is 0 Å². The quantitative estimate of drug-likeness (QED) is 0.487. The monoisotopic (exact) mass is 124 g/mol. The molecule has 0 aromatic carbocycles. The lowest BCUT2D eigenvalue weighted by Gasteiger charge is -2.10. The first-order valence-electron chi connectivity index (χ1n) is 3.22. The summed E-state index contributed by atoms with van der Waals surface area (Å²) in [7, 11) is 1.73. The van der Waals surface area contributed by atoms with Gasteiger partial charge < -0.3 is 4.74 Å². The minimum atomic E-state index is 0.975. The summed E-state index contributed by atoms with van der Waals surface area (Å²) < 4.78 is 5.13. The van der Waals surface area contributed by atoms with Gasteiger partial charge in [-0.1, -0.05) is 12.2 Å². The van der Waals surface area contributed by atoms with Gasteiger partial charge in [0.2, 0.25) is 0 Å². The highest BCUT2D eigenvalue weighted by atomic mass is 16.5. The van der Waals surface area contributed by atoms with Gasteiger partial charge in [0.05, 0.1) is 12.9 Å². The van der Waals surface area contributed by atoms with Crippen LogP contribution in [-0.4, -0.2) is 7.11 Å². The van der Waals surface area contributed by atoms with E-state index < -0.39 is 0 Å². The highest BCUT2D eigenvalue weighted by Gasteiger charge is 2.02. The van der Waals surface area contributed by atoms with Crippen molar-refractivity contribution in [1.29, 1.82) is 0 Å². The second-order valence-electron chi connectivity index (χ2n) is 2.29. The van der Waals surface area contributed by atoms with E-state index in [-0.39, 0.29) is 0 Å². The van der Waals surface area contributed by atoms with Crippen LogP contribution in [0.4, 0.5) is 0 Å². The molecule has 0 N–H and O–H groups in total. The van der Waals surface area contributed by atoms with Crippen LogP contribution in [-0.2, 0) is 4.74 Å². The standard InChI is InChI=1S/C8H12O/c1-7-5-3-4-6-8(7)9-2/h3-4H,5-6H2,1-2H3. The van der Waals surface area contributed by atoms with Gasteiger partial charge in [0.1, 0.15) is 0 Å². The lowest BCUT2D eigenvalue weighted by molar-refractivity contribution is 0.278. The second-order valence-corrected chi connectivity index (χ2v) is 2.29. The molecule has 0 saturated carbocycles. The lowest BCUT2D eigenvalue weighted by atomic mass is 10.1. The molecule has 0 atom stereocenters. The SMILES string of the molecule is COC1=C(C)CC=CC1. The summed E-state index contributed by atoms with van der Waals surface area (Å²) in [6, 6.07) is 0. The van der Waals surface area contributed by atoms with Crippen LogP contribution in [0.1, 0.15) is 19.8 Å². The maximum absolute atomic E-state index is 5.13. The largest absolute Gasteiger partial charge is 0.501 e. The summed E-state index contributed by atoms with van der Waals surface area (Å²) in [6.07, 6.45) is 6.36. The highest BCUT2D eigenvalue weighted by Crippen LogP contribution is 2.18. The average Bonchev–Trinajstić information content (AvgIpc) is 1.89. The fourth-order valence-electron chi connectivity index (χ4n) is 0.996. The highest BCUT2D eigenvalue weighted by molar-refractivity contribution is 5.17. The number of methoxy groups -OCH3 is 1. The van der Waals surface area contributed by atoms with E-state index in [0.717, 1.165) is 18.6 Å². The van der Waals surface area contributed by atoms with E-state index >= 15 is 0 Å². The van der Waals surface area contributed by atoms with Crippen molar-refractivity contribution in [3.63, 3.8) is 0 Å². The van der Waals surface area contributed by atoms with Crippen LogP contribution >= 0.6 is 0 Å². The van der Waals surface area contributed by atoms with Gasteiger partial charge in [-0.05, 0) is 18.9 Å². The number of allylic oxidation sites excluding steroid dienone is 3. The van der Waals surface area contributed by atoms with E-state index in [2.05, 4.69) is 19.1 Å². The van der Waals surface area contributed by atoms with Crippen LogP contribution in [0.3, 0.4) is 0 Å². The summed E-state index contributed by atoms with van der Waals surface area (Å²) >= 11 is 0. The maximum atomic E-state index is 5.13. The van der Waals surface area contributed by atoms with Crippen molar-refractivity contribution >= 4 is 0 Å². The predicted molar refractivity (Wildman–Crippen MR) is 38.1 cm³/mol. The first-order chi connectivity index (χ1) is 4.34. The molecule has 9 heavy (non-hydrogen) atoms. The minimum absolute atomic E-state index is 0.975. The molecule has 0 amide bonds. The fourth-order valence-corrected chi connectivity index (χ4v) is 0.996. The van der Waals surface area contributed by atoms with E-state index in [1.165, 1.54) is 5.57 Å². The molecule has 0 saturated heterocycles. The first-order valence-corrected chi connectivity index (χ1v) is 3.22. The topological polar surface area (TPSA) is 9.23 Å². The zero-order valence-electron chi connectivity index (χ0n) is 5.98. The number of rotatable bonds is 1. The zero-order valence-corrected chi connectivity index (χ0v) is 5.98. The van der Waals surface area contributed by atoms with Crippen molar-refractivity contribution in [2.45, 2.75) is 19.8 Å². The first kappa shape index (κ1) is 6.40. The van der Waals surface area contributed by atoms with Gasteiger partial charge in [0, 0.05) is 6.42 Å². The van der Waals surface area contributed by atoms with Crippen molar-refractivity contribution in [3.8, 4) is 0 Å². The van der Waals surface area contributed by atoms with Crippen molar-refractivity contribution in [2.75, 3.05) is 7.11 Å². The van der Waals surface area contributed by atoms with Crippen molar-refractivity contribution in [2.24, 2.45) is 0 Å². The third-order valence-corrected chi connectivity index (χ3v) is 1.62. The molecule has 50 valence electrons. The summed E-state index contributed by atoms with van der Waals surface area (Å²) in [5.41, 5.74) is 1.36. The molecule has 0 unspecified atom stereocenters. The third-order valence-electron chi connectivity index (χ3n) is 1.62. The Bertz CT molecular complexity index is 154. The van der Waals surface area contributed by atoms with Gasteiger partial charge in [-0.15, -0.1) is 0 Å². The smallest absolute Gasteiger partial charge is 0.0985 e. The van der Waals surface area contributed by atoms with E-state index in [0.29, 0.717) is 0 Å².